The van der Waals surface area contributed by atoms with Crippen molar-refractivity contribution >= 4 is 49.2 Å². The molecule has 3 rings (SSSR count). The topological polar surface area (TPSA) is 100 Å². The maximum absolute atomic E-state index is 8.47. The van der Waals surface area contributed by atoms with Crippen LogP contribution in [0.2, 0.25) is 0 Å². The maximum atomic E-state index is 8.47. The Balaban J connectivity index is 1.65. The van der Waals surface area contributed by atoms with Gasteiger partial charge in [-0.3, -0.25) is 0 Å². The minimum absolute atomic E-state index is 0.0627. The molecule has 32 heavy (non-hydrogen) atoms. The molecule has 0 bridgehead atoms. The molecule has 1 aromatic heterocycles. The Bertz CT molecular complexity index is 1130. The zero-order valence-corrected chi connectivity index (χ0v) is 21.5. The average Bonchev–Trinajstić information content (AvgIpc) is 3.22. The number of nitrogens with one attached hydrogen (secondary N) is 2. The van der Waals surface area contributed by atoms with Crippen molar-refractivity contribution in [2.24, 2.45) is 10.7 Å². The van der Waals surface area contributed by atoms with Gasteiger partial charge < -0.3 is 0 Å². The number of benzene rings is 2. The van der Waals surface area contributed by atoms with Crippen molar-refractivity contribution < 1.29 is 0 Å². The zero-order chi connectivity index (χ0) is 22.8. The van der Waals surface area contributed by atoms with E-state index < -0.39 is 0 Å². The van der Waals surface area contributed by atoms with E-state index in [1.165, 1.54) is 5.56 Å². The number of hydrogen-bond donors (Lipinski definition) is 3. The predicted molar refractivity (Wildman–Crippen MR) is 135 cm³/mol. The third-order valence-corrected chi connectivity index (χ3v) is 7.62. The summed E-state index contributed by atoms with van der Waals surface area (Å²) >= 11 is -0.221. The van der Waals surface area contributed by atoms with Crippen molar-refractivity contribution in [3.05, 3.63) is 94.2 Å². The summed E-state index contributed by atoms with van der Waals surface area (Å²) in [4.78, 5) is 4.43. The Morgan fingerprint density at radius 3 is 2.53 bits per heavy atom. The van der Waals surface area contributed by atoms with Gasteiger partial charge in [0.2, 0.25) is 0 Å². The van der Waals surface area contributed by atoms with Crippen molar-refractivity contribution in [2.45, 2.75) is 26.7 Å². The molecular weight excluding hydrogens is 530 g/mol. The number of aromatic nitrogens is 2. The van der Waals surface area contributed by atoms with Gasteiger partial charge in [-0.2, -0.15) is 0 Å². The normalized spacial score (nSPS) is 12.3. The Labute approximate surface area is 201 Å². The Morgan fingerprint density at radius 1 is 1.09 bits per heavy atom. The molecular formula is C24H26N6Se2. The standard InChI is InChI=1S/C24H26N6Se2/c1-3-10-19(4-2)28-24-30-29-22(32-24)16-18-12-9-8-11-17(18)15-21(25)31-23(26)27-20-13-6-5-7-14-20/h3-14,25H,15-16H2,1-2H3,(H2,26,27)(H,28,30)/b10-3-,19-4+,25-21?. The van der Waals surface area contributed by atoms with E-state index in [1.807, 2.05) is 74.5 Å². The van der Waals surface area contributed by atoms with Gasteiger partial charge in [0, 0.05) is 0 Å². The first-order valence-electron chi connectivity index (χ1n) is 10.2. The van der Waals surface area contributed by atoms with Crippen LogP contribution in [0.15, 0.2) is 83.5 Å². The fourth-order valence-corrected chi connectivity index (χ4v) is 5.91. The number of nitrogens with zero attached hydrogens (tertiary/aromatic N) is 3. The number of amidine groups is 1. The number of anilines is 1. The van der Waals surface area contributed by atoms with Crippen molar-refractivity contribution in [1.82, 2.24) is 10.2 Å². The SMILES string of the molecule is C/C=C\C(=C/C)Nc1nnc(Cc2ccccc2CC(=N)[Se]C(N)=Nc2ccccc2)[se]1. The molecule has 0 aliphatic carbocycles. The molecule has 0 spiro atoms. The quantitative estimate of drug-likeness (QED) is 0.153. The number of hydrogen-bond acceptors (Lipinski definition) is 5. The van der Waals surface area contributed by atoms with Crippen LogP contribution in [0.1, 0.15) is 29.5 Å². The van der Waals surface area contributed by atoms with E-state index in [1.54, 1.807) is 0 Å². The van der Waals surface area contributed by atoms with Crippen molar-refractivity contribution in [2.75, 3.05) is 5.32 Å². The molecule has 0 saturated heterocycles. The van der Waals surface area contributed by atoms with E-state index in [0.717, 1.165) is 32.6 Å². The van der Waals surface area contributed by atoms with Gasteiger partial charge in [-0.1, -0.05) is 0 Å². The third-order valence-electron chi connectivity index (χ3n) is 4.41. The van der Waals surface area contributed by atoms with Gasteiger partial charge in [-0.15, -0.1) is 0 Å². The van der Waals surface area contributed by atoms with Gasteiger partial charge in [-0.05, 0) is 0 Å². The summed E-state index contributed by atoms with van der Waals surface area (Å²) in [6, 6.07) is 17.9. The van der Waals surface area contributed by atoms with Crippen LogP contribution < -0.4 is 11.1 Å². The number of para-hydroxylation sites is 1. The van der Waals surface area contributed by atoms with E-state index in [0.29, 0.717) is 15.8 Å². The molecule has 1 heterocycles. The summed E-state index contributed by atoms with van der Waals surface area (Å²) in [5, 5.41) is 20.6. The average molecular weight is 556 g/mol. The minimum atomic E-state index is -0.284. The molecule has 0 amide bonds. The van der Waals surface area contributed by atoms with Gasteiger partial charge in [0.15, 0.2) is 0 Å². The Hall–Kier alpha value is -2.76. The van der Waals surface area contributed by atoms with E-state index >= 15 is 0 Å². The van der Waals surface area contributed by atoms with Crippen molar-refractivity contribution in [1.29, 1.82) is 5.41 Å². The molecule has 8 heteroatoms. The van der Waals surface area contributed by atoms with Crippen molar-refractivity contribution in [3.8, 4) is 0 Å². The fraction of sp³-hybridized carbons (Fsp3) is 0.167. The molecule has 0 saturated carbocycles. The summed E-state index contributed by atoms with van der Waals surface area (Å²) in [6.45, 7) is 3.99. The van der Waals surface area contributed by atoms with Gasteiger partial charge in [0.1, 0.15) is 0 Å². The molecule has 0 fully saturated rings. The predicted octanol–water partition coefficient (Wildman–Crippen LogP) is 3.89. The summed E-state index contributed by atoms with van der Waals surface area (Å²) in [6.07, 6.45) is 7.35. The van der Waals surface area contributed by atoms with Crippen LogP contribution >= 0.6 is 0 Å². The molecule has 6 nitrogen and oxygen atoms in total. The van der Waals surface area contributed by atoms with Gasteiger partial charge in [0.25, 0.3) is 0 Å². The third kappa shape index (κ3) is 7.43. The molecule has 0 unspecified atom stereocenters. The Morgan fingerprint density at radius 2 is 1.81 bits per heavy atom. The van der Waals surface area contributed by atoms with Crippen LogP contribution in [-0.2, 0) is 12.8 Å². The molecule has 2 aromatic carbocycles. The molecule has 3 aromatic rings. The van der Waals surface area contributed by atoms with Crippen LogP contribution in [0.3, 0.4) is 0 Å². The van der Waals surface area contributed by atoms with Crippen LogP contribution in [0.4, 0.5) is 10.4 Å². The second-order valence-electron chi connectivity index (χ2n) is 6.80. The number of aliphatic imine (C=N–C) groups is 1. The van der Waals surface area contributed by atoms with Crippen LogP contribution in [0.5, 0.6) is 0 Å². The second kappa shape index (κ2) is 12.3. The summed E-state index contributed by atoms with van der Waals surface area (Å²) in [5.74, 6) is 0. The molecule has 164 valence electrons. The van der Waals surface area contributed by atoms with Crippen LogP contribution in [0.25, 0.3) is 0 Å². The molecule has 0 aliphatic heterocycles. The Kier molecular flexibility index (Phi) is 9.20. The van der Waals surface area contributed by atoms with Crippen LogP contribution in [0, 0.1) is 5.41 Å². The molecule has 0 aliphatic rings. The first-order valence-corrected chi connectivity index (χ1v) is 13.6. The van der Waals surface area contributed by atoms with Gasteiger partial charge in [0.05, 0.1) is 0 Å². The fourth-order valence-electron chi connectivity index (χ4n) is 2.94. The van der Waals surface area contributed by atoms with Gasteiger partial charge >= 0.3 is 202 Å². The summed E-state index contributed by atoms with van der Waals surface area (Å²) < 4.78 is 3.10. The van der Waals surface area contributed by atoms with Crippen molar-refractivity contribution in [3.63, 3.8) is 0 Å². The number of nitrogens with two attached hydrogens (primary N) is 1. The monoisotopic (exact) mass is 558 g/mol. The van der Waals surface area contributed by atoms with E-state index in [4.69, 9.17) is 11.1 Å². The van der Waals surface area contributed by atoms with E-state index in [-0.39, 0.29) is 29.5 Å². The molecule has 0 radical (unpaired) electrons. The molecule has 0 atom stereocenters. The van der Waals surface area contributed by atoms with Gasteiger partial charge in [-0.25, -0.2) is 0 Å². The van der Waals surface area contributed by atoms with E-state index in [9.17, 15) is 0 Å². The number of allylic oxidation sites excluding steroid dienone is 3. The summed E-state index contributed by atoms with van der Waals surface area (Å²) in [5.41, 5.74) is 10.3. The first-order chi connectivity index (χ1) is 15.6. The first kappa shape index (κ1) is 23.9. The van der Waals surface area contributed by atoms with E-state index in [2.05, 4.69) is 32.6 Å². The zero-order valence-electron chi connectivity index (χ0n) is 18.1. The summed E-state index contributed by atoms with van der Waals surface area (Å²) in [7, 11) is 0. The van der Waals surface area contributed by atoms with Crippen LogP contribution in [-0.4, -0.2) is 49.0 Å². The number of rotatable bonds is 10. The second-order valence-corrected chi connectivity index (χ2v) is 11.4. The molecule has 4 N–H and O–H groups in total.